The van der Waals surface area contributed by atoms with E-state index >= 15 is 0 Å². The van der Waals surface area contributed by atoms with Crippen molar-refractivity contribution in [3.8, 4) is 0 Å². The molecule has 0 saturated heterocycles. The van der Waals surface area contributed by atoms with Gasteiger partial charge in [0, 0.05) is 5.56 Å². The third-order valence-corrected chi connectivity index (χ3v) is 2.83. The van der Waals surface area contributed by atoms with Crippen LogP contribution >= 0.6 is 0 Å². The highest BCUT2D eigenvalue weighted by molar-refractivity contribution is 5.94. The Balaban J connectivity index is 1.98. The highest BCUT2D eigenvalue weighted by atomic mass is 16.3. The molecule has 1 saturated carbocycles. The van der Waals surface area contributed by atoms with Crippen LogP contribution in [0.15, 0.2) is 30.3 Å². The molecule has 1 aliphatic rings. The summed E-state index contributed by atoms with van der Waals surface area (Å²) >= 11 is 0. The minimum atomic E-state index is -0.377. The number of nitrogens with one attached hydrogen (secondary N) is 1. The maximum Gasteiger partial charge on any atom is 0.251 e. The van der Waals surface area contributed by atoms with Gasteiger partial charge in [0.15, 0.2) is 0 Å². The predicted molar refractivity (Wildman–Crippen MR) is 57.6 cm³/mol. The molecule has 2 rings (SSSR count). The first-order valence-electron chi connectivity index (χ1n) is 5.31. The van der Waals surface area contributed by atoms with Gasteiger partial charge in [-0.15, -0.1) is 0 Å². The van der Waals surface area contributed by atoms with Crippen LogP contribution in [0.5, 0.6) is 0 Å². The Hall–Kier alpha value is -1.35. The van der Waals surface area contributed by atoms with Crippen LogP contribution in [0.4, 0.5) is 0 Å². The summed E-state index contributed by atoms with van der Waals surface area (Å²) in [6.07, 6.45) is 2.28. The van der Waals surface area contributed by atoms with E-state index < -0.39 is 0 Å². The van der Waals surface area contributed by atoms with Crippen LogP contribution in [0, 0.1) is 0 Å². The highest BCUT2D eigenvalue weighted by Gasteiger charge is 2.26. The molecule has 0 unspecified atom stereocenters. The second kappa shape index (κ2) is 4.45. The van der Waals surface area contributed by atoms with Gasteiger partial charge in [0.1, 0.15) is 0 Å². The normalized spacial score (nSPS) is 25.1. The van der Waals surface area contributed by atoms with E-state index in [1.807, 2.05) is 18.2 Å². The van der Waals surface area contributed by atoms with Gasteiger partial charge >= 0.3 is 0 Å². The van der Waals surface area contributed by atoms with Crippen molar-refractivity contribution in [1.29, 1.82) is 0 Å². The second-order valence-corrected chi connectivity index (χ2v) is 3.94. The van der Waals surface area contributed by atoms with E-state index in [0.717, 1.165) is 19.3 Å². The number of aliphatic hydroxyl groups excluding tert-OH is 1. The summed E-state index contributed by atoms with van der Waals surface area (Å²) in [5.74, 6) is -0.0958. The van der Waals surface area contributed by atoms with Crippen LogP contribution in [0.2, 0.25) is 0 Å². The Morgan fingerprint density at radius 3 is 2.60 bits per heavy atom. The monoisotopic (exact) mass is 205 g/mol. The Morgan fingerprint density at radius 1 is 1.27 bits per heavy atom. The zero-order valence-corrected chi connectivity index (χ0v) is 8.52. The van der Waals surface area contributed by atoms with Gasteiger partial charge < -0.3 is 10.4 Å². The molecule has 1 aromatic rings. The molecular weight excluding hydrogens is 190 g/mol. The fourth-order valence-electron chi connectivity index (χ4n) is 1.95. The average molecular weight is 205 g/mol. The molecule has 0 heterocycles. The molecule has 1 aliphatic carbocycles. The molecule has 0 radical (unpaired) electrons. The van der Waals surface area contributed by atoms with E-state index in [9.17, 15) is 9.90 Å². The standard InChI is InChI=1S/C12H15NO2/c14-11-8-4-7-10(11)13-12(15)9-5-2-1-3-6-9/h1-3,5-6,10-11,14H,4,7-8H2,(H,13,15)/t10-,11-/m1/s1. The lowest BCUT2D eigenvalue weighted by Crippen LogP contribution is -2.39. The van der Waals surface area contributed by atoms with E-state index in [4.69, 9.17) is 0 Å². The fourth-order valence-corrected chi connectivity index (χ4v) is 1.95. The zero-order chi connectivity index (χ0) is 10.7. The molecule has 1 aromatic carbocycles. The molecule has 2 atom stereocenters. The predicted octanol–water partition coefficient (Wildman–Crippen LogP) is 1.33. The second-order valence-electron chi connectivity index (χ2n) is 3.94. The molecule has 0 aromatic heterocycles. The maximum atomic E-state index is 11.7. The van der Waals surface area contributed by atoms with Crippen molar-refractivity contribution >= 4 is 5.91 Å². The first-order valence-corrected chi connectivity index (χ1v) is 5.31. The van der Waals surface area contributed by atoms with E-state index in [1.165, 1.54) is 0 Å². The summed E-state index contributed by atoms with van der Waals surface area (Å²) in [6.45, 7) is 0. The van der Waals surface area contributed by atoms with Crippen LogP contribution in [0.3, 0.4) is 0 Å². The number of aliphatic hydroxyl groups is 1. The number of hydrogen-bond donors (Lipinski definition) is 2. The van der Waals surface area contributed by atoms with Gasteiger partial charge in [-0.2, -0.15) is 0 Å². The third kappa shape index (κ3) is 2.36. The topological polar surface area (TPSA) is 49.3 Å². The summed E-state index contributed by atoms with van der Waals surface area (Å²) in [7, 11) is 0. The van der Waals surface area contributed by atoms with Gasteiger partial charge in [-0.1, -0.05) is 18.2 Å². The molecular formula is C12H15NO2. The summed E-state index contributed by atoms with van der Waals surface area (Å²) in [4.78, 5) is 11.7. The molecule has 15 heavy (non-hydrogen) atoms. The van der Waals surface area contributed by atoms with Gasteiger partial charge in [-0.05, 0) is 31.4 Å². The van der Waals surface area contributed by atoms with Crippen LogP contribution < -0.4 is 5.32 Å². The number of hydrogen-bond acceptors (Lipinski definition) is 2. The number of rotatable bonds is 2. The number of amides is 1. The summed E-state index contributed by atoms with van der Waals surface area (Å²) in [5, 5.41) is 12.4. The molecule has 2 N–H and O–H groups in total. The number of carbonyl (C=O) groups is 1. The van der Waals surface area contributed by atoms with Gasteiger partial charge in [0.25, 0.3) is 5.91 Å². The Kier molecular flexibility index (Phi) is 3.02. The summed E-state index contributed by atoms with van der Waals surface area (Å²) in [5.41, 5.74) is 0.650. The van der Waals surface area contributed by atoms with E-state index in [2.05, 4.69) is 5.32 Å². The minimum absolute atomic E-state index is 0.0716. The van der Waals surface area contributed by atoms with Crippen molar-refractivity contribution < 1.29 is 9.90 Å². The molecule has 80 valence electrons. The number of carbonyl (C=O) groups excluding carboxylic acids is 1. The lowest BCUT2D eigenvalue weighted by Gasteiger charge is -2.16. The van der Waals surface area contributed by atoms with Crippen molar-refractivity contribution in [3.63, 3.8) is 0 Å². The summed E-state index contributed by atoms with van der Waals surface area (Å²) < 4.78 is 0. The lowest BCUT2D eigenvalue weighted by atomic mass is 10.1. The Morgan fingerprint density at radius 2 is 2.00 bits per heavy atom. The van der Waals surface area contributed by atoms with E-state index in [1.54, 1.807) is 12.1 Å². The van der Waals surface area contributed by atoms with Crippen molar-refractivity contribution in [2.75, 3.05) is 0 Å². The smallest absolute Gasteiger partial charge is 0.251 e. The number of benzene rings is 1. The third-order valence-electron chi connectivity index (χ3n) is 2.83. The zero-order valence-electron chi connectivity index (χ0n) is 8.52. The van der Waals surface area contributed by atoms with Crippen molar-refractivity contribution in [2.45, 2.75) is 31.4 Å². The van der Waals surface area contributed by atoms with Crippen molar-refractivity contribution in [3.05, 3.63) is 35.9 Å². The average Bonchev–Trinajstić information content (AvgIpc) is 2.66. The molecule has 0 bridgehead atoms. The van der Waals surface area contributed by atoms with Crippen molar-refractivity contribution in [1.82, 2.24) is 5.32 Å². The SMILES string of the molecule is O=C(N[C@@H]1CCC[C@H]1O)c1ccccc1. The minimum Gasteiger partial charge on any atom is -0.391 e. The Bertz CT molecular complexity index is 337. The molecule has 3 heteroatoms. The van der Waals surface area contributed by atoms with Crippen LogP contribution in [-0.4, -0.2) is 23.2 Å². The molecule has 3 nitrogen and oxygen atoms in total. The van der Waals surface area contributed by atoms with Gasteiger partial charge in [0.05, 0.1) is 12.1 Å². The van der Waals surface area contributed by atoms with Crippen LogP contribution in [0.25, 0.3) is 0 Å². The summed E-state index contributed by atoms with van der Waals surface area (Å²) in [6, 6.07) is 9.02. The van der Waals surface area contributed by atoms with E-state index in [0.29, 0.717) is 5.56 Å². The quantitative estimate of drug-likeness (QED) is 0.765. The van der Waals surface area contributed by atoms with Gasteiger partial charge in [-0.25, -0.2) is 0 Å². The van der Waals surface area contributed by atoms with Crippen molar-refractivity contribution in [2.24, 2.45) is 0 Å². The molecule has 1 fully saturated rings. The lowest BCUT2D eigenvalue weighted by molar-refractivity contribution is 0.0873. The van der Waals surface area contributed by atoms with E-state index in [-0.39, 0.29) is 18.1 Å². The first-order chi connectivity index (χ1) is 7.27. The maximum absolute atomic E-state index is 11.7. The molecule has 1 amide bonds. The largest absolute Gasteiger partial charge is 0.391 e. The molecule has 0 aliphatic heterocycles. The molecule has 0 spiro atoms. The first kappa shape index (κ1) is 10.2. The highest BCUT2D eigenvalue weighted by Crippen LogP contribution is 2.19. The van der Waals surface area contributed by atoms with Crippen LogP contribution in [0.1, 0.15) is 29.6 Å². The van der Waals surface area contributed by atoms with Gasteiger partial charge in [-0.3, -0.25) is 4.79 Å². The fraction of sp³-hybridized carbons (Fsp3) is 0.417. The van der Waals surface area contributed by atoms with Crippen LogP contribution in [-0.2, 0) is 0 Å². The Labute approximate surface area is 89.1 Å². The van der Waals surface area contributed by atoms with Gasteiger partial charge in [0.2, 0.25) is 0 Å².